The summed E-state index contributed by atoms with van der Waals surface area (Å²) >= 11 is 0. The smallest absolute Gasteiger partial charge is 0.330 e. The summed E-state index contributed by atoms with van der Waals surface area (Å²) in [6.45, 7) is 4.79. The van der Waals surface area contributed by atoms with Crippen molar-refractivity contribution in [3.8, 4) is 0 Å². The van der Waals surface area contributed by atoms with Gasteiger partial charge in [-0.15, -0.1) is 0 Å². The van der Waals surface area contributed by atoms with Crippen molar-refractivity contribution in [3.05, 3.63) is 20.8 Å². The highest BCUT2D eigenvalue weighted by molar-refractivity contribution is 5.82. The number of aromatic amines is 1. The van der Waals surface area contributed by atoms with Gasteiger partial charge in [-0.25, -0.2) is 4.79 Å². The van der Waals surface area contributed by atoms with Gasteiger partial charge >= 0.3 is 5.69 Å². The molecule has 0 unspecified atom stereocenters. The Morgan fingerprint density at radius 3 is 2.60 bits per heavy atom. The monoisotopic (exact) mass is 351 g/mol. The lowest BCUT2D eigenvalue weighted by molar-refractivity contribution is -0.120. The van der Waals surface area contributed by atoms with Crippen LogP contribution in [0.1, 0.15) is 52.4 Å². The molecule has 1 aromatic rings. The van der Waals surface area contributed by atoms with Gasteiger partial charge in [-0.1, -0.05) is 26.2 Å². The number of amides is 1. The summed E-state index contributed by atoms with van der Waals surface area (Å²) in [6.07, 6.45) is 5.96. The number of nitrogens with one attached hydrogen (secondary N) is 2. The van der Waals surface area contributed by atoms with Gasteiger partial charge in [0.15, 0.2) is 0 Å². The quantitative estimate of drug-likeness (QED) is 0.641. The number of likely N-dealkylation sites (N-methyl/N-ethyl adjacent to an activating group) is 1. The van der Waals surface area contributed by atoms with Gasteiger partial charge in [0.05, 0.1) is 6.54 Å². The van der Waals surface area contributed by atoms with Crippen molar-refractivity contribution in [1.82, 2.24) is 14.9 Å². The van der Waals surface area contributed by atoms with Gasteiger partial charge in [0, 0.05) is 19.1 Å². The van der Waals surface area contributed by atoms with Gasteiger partial charge in [0.2, 0.25) is 5.91 Å². The second-order valence-electron chi connectivity index (χ2n) is 6.56. The Bertz CT molecular complexity index is 703. The van der Waals surface area contributed by atoms with E-state index >= 15 is 0 Å². The van der Waals surface area contributed by atoms with Gasteiger partial charge in [0.1, 0.15) is 11.5 Å². The number of hydrogen-bond donors (Lipinski definition) is 3. The van der Waals surface area contributed by atoms with Crippen molar-refractivity contribution in [1.29, 1.82) is 0 Å². The molecule has 0 bridgehead atoms. The zero-order valence-electron chi connectivity index (χ0n) is 15.1. The minimum absolute atomic E-state index is 0.0479. The van der Waals surface area contributed by atoms with Crippen LogP contribution in [0.4, 0.5) is 11.5 Å². The average Bonchev–Trinajstić information content (AvgIpc) is 3.06. The second kappa shape index (κ2) is 8.73. The Balaban J connectivity index is 2.22. The average molecular weight is 351 g/mol. The minimum Gasteiger partial charge on any atom is -0.383 e. The topological polar surface area (TPSA) is 113 Å². The number of hydrogen-bond acceptors (Lipinski definition) is 5. The van der Waals surface area contributed by atoms with E-state index in [1.54, 1.807) is 4.90 Å². The molecule has 8 heteroatoms. The maximum atomic E-state index is 12.3. The van der Waals surface area contributed by atoms with Crippen LogP contribution in [0.3, 0.4) is 0 Å². The van der Waals surface area contributed by atoms with Crippen molar-refractivity contribution in [2.75, 3.05) is 23.7 Å². The van der Waals surface area contributed by atoms with E-state index in [0.29, 0.717) is 13.1 Å². The van der Waals surface area contributed by atoms with E-state index in [1.807, 2.05) is 13.8 Å². The fourth-order valence-electron chi connectivity index (χ4n) is 3.29. The Morgan fingerprint density at radius 1 is 1.32 bits per heavy atom. The predicted molar refractivity (Wildman–Crippen MR) is 98.9 cm³/mol. The zero-order chi connectivity index (χ0) is 18.4. The SMILES string of the molecule is CCCCn1c(N)c(N(CC)CC(=O)NC2CCCC2)c(=O)[nH]c1=O. The Labute approximate surface area is 147 Å². The van der Waals surface area contributed by atoms with Crippen molar-refractivity contribution in [2.24, 2.45) is 0 Å². The first-order chi connectivity index (χ1) is 12.0. The van der Waals surface area contributed by atoms with Crippen molar-refractivity contribution in [3.63, 3.8) is 0 Å². The third-order valence-corrected chi connectivity index (χ3v) is 4.70. The molecule has 1 fully saturated rings. The molecule has 1 aliphatic carbocycles. The molecule has 1 aliphatic rings. The van der Waals surface area contributed by atoms with Crippen LogP contribution in [-0.2, 0) is 11.3 Å². The number of carbonyl (C=O) groups is 1. The molecule has 1 saturated carbocycles. The van der Waals surface area contributed by atoms with Gasteiger partial charge < -0.3 is 16.0 Å². The second-order valence-corrected chi connectivity index (χ2v) is 6.56. The summed E-state index contributed by atoms with van der Waals surface area (Å²) in [5.41, 5.74) is 5.25. The van der Waals surface area contributed by atoms with E-state index in [1.165, 1.54) is 4.57 Å². The summed E-state index contributed by atoms with van der Waals surface area (Å²) in [5.74, 6) is -0.00317. The van der Waals surface area contributed by atoms with Crippen LogP contribution < -0.4 is 27.2 Å². The number of carbonyl (C=O) groups excluding carboxylic acids is 1. The molecule has 0 atom stereocenters. The van der Waals surface area contributed by atoms with Crippen LogP contribution in [0, 0.1) is 0 Å². The normalized spacial score (nSPS) is 14.6. The molecule has 1 heterocycles. The Kier molecular flexibility index (Phi) is 6.66. The number of aromatic nitrogens is 2. The molecule has 0 saturated heterocycles. The predicted octanol–water partition coefficient (Wildman–Crippen LogP) is 0.804. The summed E-state index contributed by atoms with van der Waals surface area (Å²) in [5, 5.41) is 3.01. The van der Waals surface area contributed by atoms with Crippen LogP contribution in [0.2, 0.25) is 0 Å². The first kappa shape index (κ1) is 19.1. The van der Waals surface area contributed by atoms with Crippen LogP contribution in [0.25, 0.3) is 0 Å². The summed E-state index contributed by atoms with van der Waals surface area (Å²) < 4.78 is 1.37. The highest BCUT2D eigenvalue weighted by Crippen LogP contribution is 2.19. The number of rotatable bonds is 8. The number of nitrogens with two attached hydrogens (primary N) is 1. The molecule has 0 aromatic carbocycles. The number of H-pyrrole nitrogens is 1. The molecule has 140 valence electrons. The molecule has 25 heavy (non-hydrogen) atoms. The van der Waals surface area contributed by atoms with Crippen molar-refractivity contribution in [2.45, 2.75) is 65.0 Å². The van der Waals surface area contributed by atoms with Gasteiger partial charge in [0.25, 0.3) is 5.56 Å². The maximum Gasteiger partial charge on any atom is 0.330 e. The van der Waals surface area contributed by atoms with Crippen molar-refractivity contribution < 1.29 is 4.79 Å². The van der Waals surface area contributed by atoms with Crippen molar-refractivity contribution >= 4 is 17.4 Å². The van der Waals surface area contributed by atoms with Crippen LogP contribution in [0.5, 0.6) is 0 Å². The lowest BCUT2D eigenvalue weighted by atomic mass is 10.2. The van der Waals surface area contributed by atoms with Crippen LogP contribution in [0.15, 0.2) is 9.59 Å². The molecule has 1 aromatic heterocycles. The number of nitrogens with zero attached hydrogens (tertiary/aromatic N) is 2. The summed E-state index contributed by atoms with van der Waals surface area (Å²) in [4.78, 5) is 40.6. The molecule has 0 aliphatic heterocycles. The van der Waals surface area contributed by atoms with E-state index in [0.717, 1.165) is 38.5 Å². The van der Waals surface area contributed by atoms with E-state index < -0.39 is 11.2 Å². The highest BCUT2D eigenvalue weighted by Gasteiger charge is 2.22. The summed E-state index contributed by atoms with van der Waals surface area (Å²) in [6, 6.07) is 0.223. The first-order valence-electron chi connectivity index (χ1n) is 9.14. The Morgan fingerprint density at radius 2 is 2.00 bits per heavy atom. The molecular weight excluding hydrogens is 322 g/mol. The highest BCUT2D eigenvalue weighted by atomic mass is 16.2. The molecule has 8 nitrogen and oxygen atoms in total. The molecule has 4 N–H and O–H groups in total. The first-order valence-corrected chi connectivity index (χ1v) is 9.14. The zero-order valence-corrected chi connectivity index (χ0v) is 15.1. The number of unbranched alkanes of at least 4 members (excludes halogenated alkanes) is 1. The minimum atomic E-state index is -0.550. The molecule has 1 amide bonds. The number of anilines is 2. The van der Waals surface area contributed by atoms with E-state index in [9.17, 15) is 14.4 Å². The third-order valence-electron chi connectivity index (χ3n) is 4.70. The largest absolute Gasteiger partial charge is 0.383 e. The van der Waals surface area contributed by atoms with Crippen LogP contribution >= 0.6 is 0 Å². The van der Waals surface area contributed by atoms with Gasteiger partial charge in [-0.05, 0) is 26.2 Å². The standard InChI is InChI=1S/C17H29N5O3/c1-3-5-10-22-15(18)14(16(24)20-17(22)25)21(4-2)11-13(23)19-12-8-6-7-9-12/h12H,3-11,18H2,1-2H3,(H,19,23)(H,20,24,25). The lowest BCUT2D eigenvalue weighted by Gasteiger charge is -2.25. The van der Waals surface area contributed by atoms with E-state index in [-0.39, 0.29) is 30.0 Å². The lowest BCUT2D eigenvalue weighted by Crippen LogP contribution is -2.44. The van der Waals surface area contributed by atoms with E-state index in [4.69, 9.17) is 5.73 Å². The van der Waals surface area contributed by atoms with Crippen LogP contribution in [-0.4, -0.2) is 34.6 Å². The van der Waals surface area contributed by atoms with Gasteiger partial charge in [-0.2, -0.15) is 0 Å². The maximum absolute atomic E-state index is 12.3. The third kappa shape index (κ3) is 4.64. The molecule has 0 spiro atoms. The molecule has 2 rings (SSSR count). The summed E-state index contributed by atoms with van der Waals surface area (Å²) in [7, 11) is 0. The number of nitrogen functional groups attached to an aromatic ring is 1. The fourth-order valence-corrected chi connectivity index (χ4v) is 3.29. The molecular formula is C17H29N5O3. The molecule has 0 radical (unpaired) electrons. The van der Waals surface area contributed by atoms with Gasteiger partial charge in [-0.3, -0.25) is 19.1 Å². The Hall–Kier alpha value is -2.25. The van der Waals surface area contributed by atoms with E-state index in [2.05, 4.69) is 10.3 Å². The fraction of sp³-hybridized carbons (Fsp3) is 0.706.